The van der Waals surface area contributed by atoms with Crippen molar-refractivity contribution in [1.82, 2.24) is 15.5 Å². The van der Waals surface area contributed by atoms with Gasteiger partial charge in [0, 0.05) is 48.9 Å². The van der Waals surface area contributed by atoms with Gasteiger partial charge in [-0.05, 0) is 71.0 Å². The van der Waals surface area contributed by atoms with Gasteiger partial charge in [0.15, 0.2) is 6.29 Å². The van der Waals surface area contributed by atoms with Gasteiger partial charge >= 0.3 is 0 Å². The smallest absolute Gasteiger partial charge is 0.251 e. The minimum atomic E-state index is -0.581. The summed E-state index contributed by atoms with van der Waals surface area (Å²) in [7, 11) is 0. The van der Waals surface area contributed by atoms with Crippen LogP contribution in [0.5, 0.6) is 0 Å². The average Bonchev–Trinajstić information content (AvgIpc) is 3.56. The van der Waals surface area contributed by atoms with E-state index in [0.717, 1.165) is 71.5 Å². The maximum Gasteiger partial charge on any atom is 0.251 e. The van der Waals surface area contributed by atoms with Crippen LogP contribution in [0.3, 0.4) is 0 Å². The van der Waals surface area contributed by atoms with Crippen molar-refractivity contribution in [3.05, 3.63) is 161 Å². The molecule has 0 radical (unpaired) electrons. The van der Waals surface area contributed by atoms with Gasteiger partial charge in [-0.1, -0.05) is 110 Å². The molecule has 0 aromatic heterocycles. The van der Waals surface area contributed by atoms with Gasteiger partial charge in [0.2, 0.25) is 5.91 Å². The summed E-state index contributed by atoms with van der Waals surface area (Å²) < 4.78 is 13.6. The lowest BCUT2D eigenvalue weighted by molar-refractivity contribution is -0.276. The first-order valence-corrected chi connectivity index (χ1v) is 19.3. The predicted molar refractivity (Wildman–Crippen MR) is 213 cm³/mol. The zero-order chi connectivity index (χ0) is 37.8. The molecule has 0 bridgehead atoms. The van der Waals surface area contributed by atoms with Crippen LogP contribution in [0.4, 0.5) is 5.69 Å². The van der Waals surface area contributed by atoms with Crippen LogP contribution in [0.15, 0.2) is 133 Å². The highest BCUT2D eigenvalue weighted by molar-refractivity contribution is 5.94. The highest BCUT2D eigenvalue weighted by Gasteiger charge is 2.51. The Hall–Kier alpha value is -5.32. The fourth-order valence-electron chi connectivity index (χ4n) is 8.29. The van der Waals surface area contributed by atoms with E-state index in [4.69, 9.17) is 9.47 Å². The number of amides is 2. The van der Waals surface area contributed by atoms with Crippen molar-refractivity contribution >= 4 is 17.5 Å². The van der Waals surface area contributed by atoms with E-state index in [0.29, 0.717) is 18.8 Å². The Balaban J connectivity index is 0.974. The molecule has 5 aromatic rings. The summed E-state index contributed by atoms with van der Waals surface area (Å²) in [5, 5.41) is 15.8. The molecule has 0 aliphatic carbocycles. The van der Waals surface area contributed by atoms with E-state index in [1.54, 1.807) is 0 Å². The maximum absolute atomic E-state index is 13.3. The van der Waals surface area contributed by atoms with E-state index >= 15 is 0 Å². The third-order valence-corrected chi connectivity index (χ3v) is 11.6. The number of piperidine rings is 1. The summed E-state index contributed by atoms with van der Waals surface area (Å²) >= 11 is 0. The number of ether oxygens (including phenoxy) is 2. The summed E-state index contributed by atoms with van der Waals surface area (Å²) in [5.41, 5.74) is 7.13. The number of aliphatic hydroxyl groups excluding tert-OH is 1. The Morgan fingerprint density at radius 2 is 1.49 bits per heavy atom. The fourth-order valence-corrected chi connectivity index (χ4v) is 8.29. The number of aliphatic hydroxyl groups is 1. The van der Waals surface area contributed by atoms with E-state index in [1.165, 1.54) is 0 Å². The van der Waals surface area contributed by atoms with Crippen LogP contribution in [-0.4, -0.2) is 59.8 Å². The van der Waals surface area contributed by atoms with Gasteiger partial charge in [-0.25, -0.2) is 0 Å². The van der Waals surface area contributed by atoms with Gasteiger partial charge in [-0.15, -0.1) is 0 Å². The number of carbonyl (C=O) groups is 2. The zero-order valence-electron chi connectivity index (χ0n) is 31.1. The first-order valence-electron chi connectivity index (χ1n) is 19.3. The van der Waals surface area contributed by atoms with Gasteiger partial charge in [-0.3, -0.25) is 9.59 Å². The number of benzene rings is 5. The van der Waals surface area contributed by atoms with Gasteiger partial charge in [0.1, 0.15) is 5.54 Å². The van der Waals surface area contributed by atoms with Gasteiger partial charge in [0.25, 0.3) is 5.91 Å². The van der Waals surface area contributed by atoms with Crippen molar-refractivity contribution in [1.29, 1.82) is 0 Å². The molecule has 0 saturated carbocycles. The fraction of sp³-hybridized carbons (Fsp3) is 0.304. The molecule has 282 valence electrons. The quantitative estimate of drug-likeness (QED) is 0.142. The molecule has 3 aliphatic rings. The molecule has 2 amide bonds. The maximum atomic E-state index is 13.3. The number of hydrogen-bond acceptors (Lipinski definition) is 7. The van der Waals surface area contributed by atoms with Crippen molar-refractivity contribution < 1.29 is 24.2 Å². The molecular formula is C46H48N4O5. The van der Waals surface area contributed by atoms with E-state index < -0.39 is 11.8 Å². The number of hydrogen-bond donors (Lipinski definition) is 3. The Morgan fingerprint density at radius 1 is 0.800 bits per heavy atom. The van der Waals surface area contributed by atoms with Crippen molar-refractivity contribution in [2.24, 2.45) is 5.92 Å². The molecule has 3 N–H and O–H groups in total. The van der Waals surface area contributed by atoms with Gasteiger partial charge < -0.3 is 35.0 Å². The zero-order valence-corrected chi connectivity index (χ0v) is 31.1. The van der Waals surface area contributed by atoms with Crippen molar-refractivity contribution in [3.63, 3.8) is 0 Å². The molecule has 5 aromatic carbocycles. The Morgan fingerprint density at radius 3 is 2.20 bits per heavy atom. The average molecular weight is 737 g/mol. The number of nitrogens with one attached hydrogen (secondary N) is 2. The lowest BCUT2D eigenvalue weighted by Gasteiger charge is -2.46. The normalized spacial score (nSPS) is 22.4. The second-order valence-electron chi connectivity index (χ2n) is 15.0. The molecule has 3 saturated heterocycles. The lowest BCUT2D eigenvalue weighted by atomic mass is 9.84. The molecule has 3 heterocycles. The van der Waals surface area contributed by atoms with E-state index in [1.807, 2.05) is 84.9 Å². The van der Waals surface area contributed by atoms with Crippen molar-refractivity contribution in [3.8, 4) is 11.1 Å². The first-order chi connectivity index (χ1) is 26.9. The number of anilines is 1. The Bertz CT molecular complexity index is 2070. The summed E-state index contributed by atoms with van der Waals surface area (Å²) in [6.45, 7) is 5.43. The molecule has 9 nitrogen and oxygen atoms in total. The molecule has 4 atom stereocenters. The standard InChI is InChI=1S/C46H48N4O5/c1-32-41(29-49-25-23-46(24-26-49)45(53)48-31-50(46)40-13-6-3-7-14-40)54-44(55-42(32)36-17-15-33(30-51)16-18-36)38-21-19-35(20-22-38)39-12-8-9-34(27-39)28-47-43(52)37-10-4-2-5-11-37/h2-22,27,32,41-42,44,51H,23-26,28-31H2,1H3,(H,47,52)(H,48,53)/t32-,41+,42+,44+/m0/s1. The van der Waals surface area contributed by atoms with Crippen LogP contribution >= 0.6 is 0 Å². The molecule has 0 unspecified atom stereocenters. The van der Waals surface area contributed by atoms with Crippen LogP contribution < -0.4 is 15.5 Å². The first kappa shape index (κ1) is 36.6. The number of nitrogens with zero attached hydrogens (tertiary/aromatic N) is 2. The van der Waals surface area contributed by atoms with E-state index in [2.05, 4.69) is 75.9 Å². The second kappa shape index (κ2) is 16.2. The number of para-hydroxylation sites is 1. The van der Waals surface area contributed by atoms with Crippen LogP contribution in [0.25, 0.3) is 11.1 Å². The second-order valence-corrected chi connectivity index (χ2v) is 15.0. The largest absolute Gasteiger partial charge is 0.392 e. The summed E-state index contributed by atoms with van der Waals surface area (Å²) in [4.78, 5) is 30.6. The monoisotopic (exact) mass is 736 g/mol. The van der Waals surface area contributed by atoms with Gasteiger partial charge in [-0.2, -0.15) is 0 Å². The minimum absolute atomic E-state index is 0.0104. The van der Waals surface area contributed by atoms with Crippen molar-refractivity contribution in [2.45, 2.75) is 57.0 Å². The topological polar surface area (TPSA) is 103 Å². The SMILES string of the molecule is C[C@H]1[C@@H](CN2CCC3(CC2)C(=O)NCN3c2ccccc2)O[C@@H](c2ccc(-c3cccc(CNC(=O)c4ccccc4)c3)cc2)O[C@H]1c1ccc(CO)cc1. The molecule has 55 heavy (non-hydrogen) atoms. The summed E-state index contributed by atoms with van der Waals surface area (Å²) in [5.74, 6) is 0.0634. The molecule has 1 spiro atoms. The summed E-state index contributed by atoms with van der Waals surface area (Å²) in [6.07, 6.45) is 0.554. The van der Waals surface area contributed by atoms with Crippen molar-refractivity contribution in [2.75, 3.05) is 31.2 Å². The van der Waals surface area contributed by atoms with Crippen LogP contribution in [-0.2, 0) is 27.4 Å². The molecular weight excluding hydrogens is 689 g/mol. The highest BCUT2D eigenvalue weighted by atomic mass is 16.7. The third-order valence-electron chi connectivity index (χ3n) is 11.6. The Labute approximate surface area is 322 Å². The number of likely N-dealkylation sites (tertiary alicyclic amines) is 1. The molecule has 3 fully saturated rings. The minimum Gasteiger partial charge on any atom is -0.392 e. The predicted octanol–water partition coefficient (Wildman–Crippen LogP) is 7.00. The molecule has 3 aliphatic heterocycles. The number of carbonyl (C=O) groups excluding carboxylic acids is 2. The Kier molecular flexibility index (Phi) is 10.8. The molecule has 9 heteroatoms. The van der Waals surface area contributed by atoms with E-state index in [9.17, 15) is 14.7 Å². The number of rotatable bonds is 10. The van der Waals surface area contributed by atoms with Gasteiger partial charge in [0.05, 0.1) is 25.5 Å². The van der Waals surface area contributed by atoms with Crippen LogP contribution in [0, 0.1) is 5.92 Å². The lowest BCUT2D eigenvalue weighted by Crippen LogP contribution is -2.57. The van der Waals surface area contributed by atoms with Crippen LogP contribution in [0.2, 0.25) is 0 Å². The third kappa shape index (κ3) is 7.79. The van der Waals surface area contributed by atoms with Crippen LogP contribution in [0.1, 0.15) is 64.8 Å². The molecule has 8 rings (SSSR count). The summed E-state index contributed by atoms with van der Waals surface area (Å²) in [6, 6.07) is 44.0. The van der Waals surface area contributed by atoms with E-state index in [-0.39, 0.29) is 36.5 Å². The highest BCUT2D eigenvalue weighted by Crippen LogP contribution is 2.43.